The highest BCUT2D eigenvalue weighted by Crippen LogP contribution is 2.18. The fourth-order valence-corrected chi connectivity index (χ4v) is 2.36. The van der Waals surface area contributed by atoms with E-state index in [9.17, 15) is 4.79 Å². The van der Waals surface area contributed by atoms with E-state index in [1.54, 1.807) is 4.68 Å². The first kappa shape index (κ1) is 13.6. The minimum atomic E-state index is -0.865. The standard InChI is InChI=1S/C11H15N5O2S/c1-3-9-12-13-11(19-7-10(17)18)16(9)6-8-4-5-15(2)14-8/h4-5H,3,6-7H2,1-2H3,(H,17,18). The number of nitrogens with zero attached hydrogens (tertiary/aromatic N) is 5. The molecule has 2 heterocycles. The van der Waals surface area contributed by atoms with Crippen molar-refractivity contribution in [3.05, 3.63) is 23.8 Å². The number of aryl methyl sites for hydroxylation is 2. The van der Waals surface area contributed by atoms with Crippen molar-refractivity contribution in [3.8, 4) is 0 Å². The van der Waals surface area contributed by atoms with Gasteiger partial charge in [-0.3, -0.25) is 14.0 Å². The molecule has 0 amide bonds. The molecule has 8 heteroatoms. The molecule has 0 unspecified atom stereocenters. The Kier molecular flexibility index (Phi) is 4.20. The monoisotopic (exact) mass is 281 g/mol. The lowest BCUT2D eigenvalue weighted by Crippen LogP contribution is -2.08. The summed E-state index contributed by atoms with van der Waals surface area (Å²) in [4.78, 5) is 10.6. The number of hydrogen-bond donors (Lipinski definition) is 1. The highest BCUT2D eigenvalue weighted by Gasteiger charge is 2.14. The summed E-state index contributed by atoms with van der Waals surface area (Å²) in [5.41, 5.74) is 0.897. The third kappa shape index (κ3) is 3.34. The van der Waals surface area contributed by atoms with Gasteiger partial charge in [0.2, 0.25) is 0 Å². The smallest absolute Gasteiger partial charge is 0.313 e. The minimum Gasteiger partial charge on any atom is -0.481 e. The lowest BCUT2D eigenvalue weighted by atomic mass is 10.4. The summed E-state index contributed by atoms with van der Waals surface area (Å²) < 4.78 is 3.64. The van der Waals surface area contributed by atoms with E-state index in [1.165, 1.54) is 11.8 Å². The number of carbonyl (C=O) groups is 1. The number of aliphatic carboxylic acids is 1. The van der Waals surface area contributed by atoms with E-state index in [-0.39, 0.29) is 5.75 Å². The third-order valence-corrected chi connectivity index (χ3v) is 3.47. The van der Waals surface area contributed by atoms with Gasteiger partial charge in [-0.25, -0.2) is 0 Å². The number of carboxylic acids is 1. The van der Waals surface area contributed by atoms with Crippen LogP contribution in [0, 0.1) is 0 Å². The molecule has 0 aliphatic rings. The molecule has 0 spiro atoms. The Labute approximate surface area is 114 Å². The van der Waals surface area contributed by atoms with Gasteiger partial charge in [0.25, 0.3) is 0 Å². The summed E-state index contributed by atoms with van der Waals surface area (Å²) >= 11 is 1.17. The predicted molar refractivity (Wildman–Crippen MR) is 70.1 cm³/mol. The van der Waals surface area contributed by atoms with Crippen LogP contribution in [0.2, 0.25) is 0 Å². The van der Waals surface area contributed by atoms with E-state index in [0.29, 0.717) is 11.7 Å². The van der Waals surface area contributed by atoms with Crippen molar-refractivity contribution in [2.24, 2.45) is 7.05 Å². The lowest BCUT2D eigenvalue weighted by Gasteiger charge is -2.06. The van der Waals surface area contributed by atoms with E-state index in [1.807, 2.05) is 30.8 Å². The minimum absolute atomic E-state index is 0.0237. The summed E-state index contributed by atoms with van der Waals surface area (Å²) in [6, 6.07) is 1.92. The van der Waals surface area contributed by atoms with Gasteiger partial charge >= 0.3 is 5.97 Å². The predicted octanol–water partition coefficient (Wildman–Crippen LogP) is 0.799. The van der Waals surface area contributed by atoms with Gasteiger partial charge in [0.1, 0.15) is 5.82 Å². The maximum Gasteiger partial charge on any atom is 0.313 e. The summed E-state index contributed by atoms with van der Waals surface area (Å²) in [7, 11) is 1.86. The van der Waals surface area contributed by atoms with Crippen LogP contribution < -0.4 is 0 Å². The van der Waals surface area contributed by atoms with Gasteiger partial charge in [-0.05, 0) is 6.07 Å². The Balaban J connectivity index is 2.20. The second-order valence-electron chi connectivity index (χ2n) is 4.00. The molecule has 2 aromatic rings. The first-order chi connectivity index (χ1) is 9.10. The molecule has 0 aliphatic carbocycles. The first-order valence-electron chi connectivity index (χ1n) is 5.85. The molecule has 0 atom stereocenters. The van der Waals surface area contributed by atoms with Crippen LogP contribution in [0.25, 0.3) is 0 Å². The highest BCUT2D eigenvalue weighted by atomic mass is 32.2. The van der Waals surface area contributed by atoms with Crippen LogP contribution >= 0.6 is 11.8 Å². The fourth-order valence-electron chi connectivity index (χ4n) is 1.68. The van der Waals surface area contributed by atoms with Gasteiger partial charge in [0.15, 0.2) is 5.16 Å². The zero-order valence-electron chi connectivity index (χ0n) is 10.8. The van der Waals surface area contributed by atoms with Crippen molar-refractivity contribution < 1.29 is 9.90 Å². The van der Waals surface area contributed by atoms with Crippen LogP contribution in [0.5, 0.6) is 0 Å². The van der Waals surface area contributed by atoms with Crippen LogP contribution in [0.3, 0.4) is 0 Å². The molecule has 0 saturated carbocycles. The molecule has 0 aliphatic heterocycles. The van der Waals surface area contributed by atoms with Crippen LogP contribution in [0.1, 0.15) is 18.4 Å². The molecule has 2 aromatic heterocycles. The summed E-state index contributed by atoms with van der Waals surface area (Å²) in [5.74, 6) is -0.0571. The second-order valence-corrected chi connectivity index (χ2v) is 4.94. The highest BCUT2D eigenvalue weighted by molar-refractivity contribution is 7.99. The molecule has 102 valence electrons. The molecule has 1 N–H and O–H groups in total. The molecule has 19 heavy (non-hydrogen) atoms. The lowest BCUT2D eigenvalue weighted by molar-refractivity contribution is -0.133. The van der Waals surface area contributed by atoms with E-state index in [0.717, 1.165) is 17.9 Å². The summed E-state index contributed by atoms with van der Waals surface area (Å²) in [5, 5.41) is 21.8. The van der Waals surface area contributed by atoms with Crippen molar-refractivity contribution >= 4 is 17.7 Å². The molecular formula is C11H15N5O2S. The number of thioether (sulfide) groups is 1. The normalized spacial score (nSPS) is 10.8. The molecule has 0 fully saturated rings. The Morgan fingerprint density at radius 3 is 2.84 bits per heavy atom. The van der Waals surface area contributed by atoms with Gasteiger partial charge in [0, 0.05) is 19.7 Å². The fraction of sp³-hybridized carbons (Fsp3) is 0.455. The maximum atomic E-state index is 10.6. The number of rotatable bonds is 6. The molecule has 0 saturated heterocycles. The average Bonchev–Trinajstić information content (AvgIpc) is 2.94. The summed E-state index contributed by atoms with van der Waals surface area (Å²) in [6.07, 6.45) is 2.61. The van der Waals surface area contributed by atoms with Crippen molar-refractivity contribution in [1.29, 1.82) is 0 Å². The Morgan fingerprint density at radius 2 is 2.26 bits per heavy atom. The Bertz CT molecular complexity index is 577. The van der Waals surface area contributed by atoms with E-state index in [2.05, 4.69) is 15.3 Å². The van der Waals surface area contributed by atoms with Gasteiger partial charge in [-0.2, -0.15) is 5.10 Å². The molecule has 2 rings (SSSR count). The van der Waals surface area contributed by atoms with Crippen molar-refractivity contribution in [3.63, 3.8) is 0 Å². The zero-order valence-corrected chi connectivity index (χ0v) is 11.6. The third-order valence-electron chi connectivity index (χ3n) is 2.52. The second kappa shape index (κ2) is 5.87. The van der Waals surface area contributed by atoms with Gasteiger partial charge in [-0.15, -0.1) is 10.2 Å². The van der Waals surface area contributed by atoms with E-state index >= 15 is 0 Å². The van der Waals surface area contributed by atoms with Crippen molar-refractivity contribution in [2.75, 3.05) is 5.75 Å². The van der Waals surface area contributed by atoms with Crippen molar-refractivity contribution in [2.45, 2.75) is 25.0 Å². The summed E-state index contributed by atoms with van der Waals surface area (Å²) in [6.45, 7) is 2.55. The number of hydrogen-bond acceptors (Lipinski definition) is 5. The van der Waals surface area contributed by atoms with Gasteiger partial charge in [0.05, 0.1) is 18.0 Å². The largest absolute Gasteiger partial charge is 0.481 e. The maximum absolute atomic E-state index is 10.6. The van der Waals surface area contributed by atoms with Gasteiger partial charge in [-0.1, -0.05) is 18.7 Å². The molecule has 0 radical (unpaired) electrons. The molecule has 7 nitrogen and oxygen atoms in total. The van der Waals surface area contributed by atoms with Gasteiger partial charge < -0.3 is 5.11 Å². The SMILES string of the molecule is CCc1nnc(SCC(=O)O)n1Cc1ccn(C)n1. The van der Waals surface area contributed by atoms with Crippen LogP contribution in [-0.2, 0) is 24.8 Å². The zero-order chi connectivity index (χ0) is 13.8. The first-order valence-corrected chi connectivity index (χ1v) is 6.84. The Hall–Kier alpha value is -1.83. The van der Waals surface area contributed by atoms with E-state index < -0.39 is 5.97 Å². The van der Waals surface area contributed by atoms with E-state index in [4.69, 9.17) is 5.11 Å². The molecular weight excluding hydrogens is 266 g/mol. The number of carboxylic acid groups (broad SMARTS) is 1. The topological polar surface area (TPSA) is 85.8 Å². The number of aromatic nitrogens is 5. The van der Waals surface area contributed by atoms with Crippen molar-refractivity contribution in [1.82, 2.24) is 24.5 Å². The van der Waals surface area contributed by atoms with Crippen LogP contribution in [0.15, 0.2) is 17.4 Å². The van der Waals surface area contributed by atoms with Crippen LogP contribution in [-0.4, -0.2) is 41.4 Å². The Morgan fingerprint density at radius 1 is 1.47 bits per heavy atom. The average molecular weight is 281 g/mol. The quantitative estimate of drug-likeness (QED) is 0.788. The molecule has 0 bridgehead atoms. The molecule has 0 aromatic carbocycles. The van der Waals surface area contributed by atoms with Crippen LogP contribution in [0.4, 0.5) is 0 Å².